The molecule has 0 amide bonds. The Morgan fingerprint density at radius 3 is 2.73 bits per heavy atom. The molecule has 0 saturated heterocycles. The Bertz CT molecular complexity index is 824. The molecule has 0 radical (unpaired) electrons. The second-order valence-electron chi connectivity index (χ2n) is 4.80. The first-order valence-electron chi connectivity index (χ1n) is 6.37. The van der Waals surface area contributed by atoms with Gasteiger partial charge in [0.1, 0.15) is 12.2 Å². The zero-order valence-electron chi connectivity index (χ0n) is 11.6. The van der Waals surface area contributed by atoms with Gasteiger partial charge >= 0.3 is 0 Å². The van der Waals surface area contributed by atoms with Gasteiger partial charge in [0, 0.05) is 11.3 Å². The molecule has 0 saturated carbocycles. The number of nitrogens with zero attached hydrogens (tertiary/aromatic N) is 4. The highest BCUT2D eigenvalue weighted by Gasteiger charge is 2.33. The van der Waals surface area contributed by atoms with E-state index in [4.69, 9.17) is 11.6 Å². The average Bonchev–Trinajstić information content (AvgIpc) is 2.94. The molecule has 2 heterocycles. The largest absolute Gasteiger partial charge is 0.316 e. The molecular formula is C13H12ClN5O2S. The summed E-state index contributed by atoms with van der Waals surface area (Å²) in [6.07, 6.45) is 2.44. The lowest BCUT2D eigenvalue weighted by atomic mass is 10.2. The normalized spacial score (nSPS) is 22.1. The predicted octanol–water partition coefficient (Wildman–Crippen LogP) is 1.05. The van der Waals surface area contributed by atoms with Crippen LogP contribution in [0.1, 0.15) is 5.56 Å². The predicted molar refractivity (Wildman–Crippen MR) is 87.7 cm³/mol. The Hall–Kier alpha value is -2.06. The number of sulfone groups is 1. The molecule has 2 aliphatic rings. The molecule has 1 atom stereocenters. The van der Waals surface area contributed by atoms with E-state index in [-0.39, 0.29) is 5.17 Å². The fourth-order valence-electron chi connectivity index (χ4n) is 1.96. The van der Waals surface area contributed by atoms with E-state index in [2.05, 4.69) is 25.3 Å². The third-order valence-corrected chi connectivity index (χ3v) is 4.20. The van der Waals surface area contributed by atoms with Crippen molar-refractivity contribution in [1.29, 1.82) is 0 Å². The lowest BCUT2D eigenvalue weighted by Gasteiger charge is -2.19. The molecule has 114 valence electrons. The molecule has 0 aromatic heterocycles. The van der Waals surface area contributed by atoms with Gasteiger partial charge in [0.25, 0.3) is 0 Å². The second kappa shape index (κ2) is 5.62. The van der Waals surface area contributed by atoms with Crippen LogP contribution in [-0.4, -0.2) is 43.9 Å². The summed E-state index contributed by atoms with van der Waals surface area (Å²) >= 11 is 5.84. The summed E-state index contributed by atoms with van der Waals surface area (Å²) in [6, 6.07) is 6.76. The van der Waals surface area contributed by atoms with Crippen LogP contribution in [0.2, 0.25) is 5.02 Å². The van der Waals surface area contributed by atoms with Crippen molar-refractivity contribution in [2.24, 2.45) is 20.0 Å². The number of fused-ring (bicyclic) bond motifs is 1. The number of halogens is 1. The Morgan fingerprint density at radius 1 is 1.32 bits per heavy atom. The Balaban J connectivity index is 1.92. The van der Waals surface area contributed by atoms with E-state index in [1.807, 2.05) is 12.1 Å². The molecule has 0 aliphatic carbocycles. The van der Waals surface area contributed by atoms with E-state index in [1.54, 1.807) is 12.1 Å². The maximum atomic E-state index is 11.7. The van der Waals surface area contributed by atoms with E-state index < -0.39 is 15.9 Å². The van der Waals surface area contributed by atoms with E-state index in [1.165, 1.54) is 6.34 Å². The van der Waals surface area contributed by atoms with Crippen molar-refractivity contribution in [2.75, 3.05) is 6.26 Å². The first kappa shape index (κ1) is 14.9. The van der Waals surface area contributed by atoms with Gasteiger partial charge in [-0.2, -0.15) is 0 Å². The Morgan fingerprint density at radius 2 is 2.05 bits per heavy atom. The molecule has 2 aliphatic heterocycles. The number of benzene rings is 1. The van der Waals surface area contributed by atoms with Gasteiger partial charge in [0.15, 0.2) is 11.9 Å². The van der Waals surface area contributed by atoms with Crippen molar-refractivity contribution in [1.82, 2.24) is 5.32 Å². The first-order valence-corrected chi connectivity index (χ1v) is 8.64. The summed E-state index contributed by atoms with van der Waals surface area (Å²) in [5.74, 6) is 0.743. The quantitative estimate of drug-likeness (QED) is 0.873. The van der Waals surface area contributed by atoms with Gasteiger partial charge in [-0.05, 0) is 17.7 Å². The van der Waals surface area contributed by atoms with Gasteiger partial charge in [0.2, 0.25) is 15.0 Å². The highest BCUT2D eigenvalue weighted by molar-refractivity contribution is 8.05. The van der Waals surface area contributed by atoms with Gasteiger partial charge in [0.05, 0.1) is 6.54 Å². The van der Waals surface area contributed by atoms with Crippen molar-refractivity contribution >= 4 is 44.6 Å². The van der Waals surface area contributed by atoms with Crippen LogP contribution in [0, 0.1) is 0 Å². The minimum atomic E-state index is -3.48. The standard InChI is InChI=1S/C13H12ClN5O2S/c1-22(20,21)13-18-11(10-12(19-13)17-7-16-10)15-6-8-2-4-9(14)5-3-8/h2-5,7,10H,6H2,1H3,(H,15,16,17,18,19). The summed E-state index contributed by atoms with van der Waals surface area (Å²) in [5.41, 5.74) is 0.937. The molecule has 22 heavy (non-hydrogen) atoms. The van der Waals surface area contributed by atoms with E-state index in [0.717, 1.165) is 11.8 Å². The average molecular weight is 338 g/mol. The number of nitrogens with one attached hydrogen (secondary N) is 1. The second-order valence-corrected chi connectivity index (χ2v) is 7.16. The molecule has 1 aromatic rings. The summed E-state index contributed by atoms with van der Waals surface area (Å²) in [5, 5.41) is 3.16. The minimum absolute atomic E-state index is 0.164. The third kappa shape index (κ3) is 3.07. The van der Waals surface area contributed by atoms with E-state index >= 15 is 0 Å². The topological polar surface area (TPSA) is 95.6 Å². The summed E-state index contributed by atoms with van der Waals surface area (Å²) in [6.45, 7) is 0.354. The van der Waals surface area contributed by atoms with Crippen LogP contribution in [0.15, 0.2) is 44.2 Å². The van der Waals surface area contributed by atoms with Gasteiger partial charge in [-0.1, -0.05) is 23.7 Å². The van der Waals surface area contributed by atoms with Crippen LogP contribution < -0.4 is 5.32 Å². The molecule has 1 N–H and O–H groups in total. The number of hydrogen-bond donors (Lipinski definition) is 1. The minimum Gasteiger partial charge on any atom is -0.316 e. The van der Waals surface area contributed by atoms with Crippen LogP contribution in [0.4, 0.5) is 0 Å². The van der Waals surface area contributed by atoms with Gasteiger partial charge in [-0.3, -0.25) is 9.98 Å². The van der Waals surface area contributed by atoms with Gasteiger partial charge in [-0.15, -0.1) is 0 Å². The monoisotopic (exact) mass is 337 g/mol. The number of hydrogen-bond acceptors (Lipinski definition) is 6. The fourth-order valence-corrected chi connectivity index (χ4v) is 2.63. The van der Waals surface area contributed by atoms with E-state index in [0.29, 0.717) is 23.2 Å². The van der Waals surface area contributed by atoms with Crippen molar-refractivity contribution in [3.05, 3.63) is 34.9 Å². The fraction of sp³-hybridized carbons (Fsp3) is 0.231. The van der Waals surface area contributed by atoms with Crippen LogP contribution in [0.3, 0.4) is 0 Å². The Labute approximate surface area is 132 Å². The molecule has 7 nitrogen and oxygen atoms in total. The molecular weight excluding hydrogens is 326 g/mol. The van der Waals surface area contributed by atoms with Crippen LogP contribution in [0.25, 0.3) is 0 Å². The van der Waals surface area contributed by atoms with Crippen molar-refractivity contribution < 1.29 is 8.42 Å². The lowest BCUT2D eigenvalue weighted by molar-refractivity contribution is 0.611. The highest BCUT2D eigenvalue weighted by atomic mass is 35.5. The highest BCUT2D eigenvalue weighted by Crippen LogP contribution is 2.14. The van der Waals surface area contributed by atoms with Crippen molar-refractivity contribution in [3.63, 3.8) is 0 Å². The molecule has 1 unspecified atom stereocenters. The van der Waals surface area contributed by atoms with Crippen LogP contribution >= 0.6 is 11.6 Å². The summed E-state index contributed by atoms with van der Waals surface area (Å²) in [7, 11) is -3.48. The zero-order valence-corrected chi connectivity index (χ0v) is 13.1. The third-order valence-electron chi connectivity index (χ3n) is 3.06. The molecule has 0 spiro atoms. The SMILES string of the molecule is CS(=O)(=O)C1=NC(=NCc2ccc(Cl)cc2)C2N=CN=C2N1. The van der Waals surface area contributed by atoms with Gasteiger partial charge in [-0.25, -0.2) is 18.4 Å². The summed E-state index contributed by atoms with van der Waals surface area (Å²) < 4.78 is 23.3. The number of rotatable bonds is 2. The maximum absolute atomic E-state index is 11.7. The smallest absolute Gasteiger partial charge is 0.227 e. The van der Waals surface area contributed by atoms with Gasteiger partial charge < -0.3 is 5.32 Å². The first-order chi connectivity index (χ1) is 10.4. The lowest BCUT2D eigenvalue weighted by Crippen LogP contribution is -2.48. The zero-order chi connectivity index (χ0) is 15.7. The number of amidine groups is 3. The van der Waals surface area contributed by atoms with Crippen molar-refractivity contribution in [2.45, 2.75) is 12.6 Å². The molecule has 1 aromatic carbocycles. The number of aliphatic imine (C=N–C) groups is 4. The molecule has 3 rings (SSSR count). The molecule has 0 fully saturated rings. The molecule has 0 bridgehead atoms. The summed E-state index contributed by atoms with van der Waals surface area (Å²) in [4.78, 5) is 16.6. The van der Waals surface area contributed by atoms with Crippen molar-refractivity contribution in [3.8, 4) is 0 Å². The van der Waals surface area contributed by atoms with Crippen LogP contribution in [0.5, 0.6) is 0 Å². The Kier molecular flexibility index (Phi) is 3.79. The van der Waals surface area contributed by atoms with Crippen LogP contribution in [-0.2, 0) is 16.4 Å². The maximum Gasteiger partial charge on any atom is 0.227 e. The molecule has 9 heteroatoms. The van der Waals surface area contributed by atoms with E-state index in [9.17, 15) is 8.42 Å².